The minimum atomic E-state index is -0.0166. The molecule has 3 N–H and O–H groups in total. The first-order valence-corrected chi connectivity index (χ1v) is 6.62. The van der Waals surface area contributed by atoms with Crippen LogP contribution in [0.5, 0.6) is 0 Å². The molecule has 0 bridgehead atoms. The Bertz CT molecular complexity index is 549. The summed E-state index contributed by atoms with van der Waals surface area (Å²) in [4.78, 5) is 4.55. The van der Waals surface area contributed by atoms with Crippen LogP contribution in [0, 0.1) is 13.8 Å². The minimum absolute atomic E-state index is 0.0166. The molecule has 0 amide bonds. The van der Waals surface area contributed by atoms with E-state index in [1.54, 1.807) is 0 Å². The molecule has 0 spiro atoms. The van der Waals surface area contributed by atoms with Crippen molar-refractivity contribution in [2.45, 2.75) is 26.3 Å². The van der Waals surface area contributed by atoms with Gasteiger partial charge in [0.05, 0.1) is 11.7 Å². The van der Waals surface area contributed by atoms with Gasteiger partial charge in [-0.3, -0.25) is 16.3 Å². The zero-order valence-electron chi connectivity index (χ0n) is 11.2. The number of pyridine rings is 1. The smallest absolute Gasteiger partial charge is 0.0672 e. The van der Waals surface area contributed by atoms with Crippen LogP contribution >= 0.6 is 11.6 Å². The number of aryl methyl sites for hydroxylation is 2. The summed E-state index contributed by atoms with van der Waals surface area (Å²) in [5.74, 6) is 5.67. The third-order valence-corrected chi connectivity index (χ3v) is 3.24. The highest BCUT2D eigenvalue weighted by molar-refractivity contribution is 6.30. The first kappa shape index (κ1) is 14.0. The van der Waals surface area contributed by atoms with Gasteiger partial charge in [0.25, 0.3) is 0 Å². The molecule has 1 unspecified atom stereocenters. The van der Waals surface area contributed by atoms with Gasteiger partial charge in [-0.05, 0) is 55.7 Å². The standard InChI is InChI=1S/C15H18ClN3/c1-10-6-11(2)18-14(7-10)15(19-17)9-12-4-3-5-13(16)8-12/h3-8,15,19H,9,17H2,1-2H3. The average molecular weight is 276 g/mol. The molecule has 100 valence electrons. The zero-order chi connectivity index (χ0) is 13.8. The van der Waals surface area contributed by atoms with Crippen molar-refractivity contribution in [3.8, 4) is 0 Å². The molecule has 1 atom stereocenters. The van der Waals surface area contributed by atoms with Crippen molar-refractivity contribution in [1.29, 1.82) is 0 Å². The van der Waals surface area contributed by atoms with Crippen LogP contribution in [-0.4, -0.2) is 4.98 Å². The second-order valence-electron chi connectivity index (χ2n) is 4.76. The van der Waals surface area contributed by atoms with Gasteiger partial charge in [-0.1, -0.05) is 23.7 Å². The van der Waals surface area contributed by atoms with Gasteiger partial charge in [-0.15, -0.1) is 0 Å². The fraction of sp³-hybridized carbons (Fsp3) is 0.267. The Hall–Kier alpha value is -1.42. The number of hydrazine groups is 1. The Kier molecular flexibility index (Phi) is 4.53. The van der Waals surface area contributed by atoms with Crippen LogP contribution in [0.3, 0.4) is 0 Å². The lowest BCUT2D eigenvalue weighted by atomic mass is 10.0. The molecule has 4 heteroatoms. The summed E-state index contributed by atoms with van der Waals surface area (Å²) in [6, 6.07) is 11.9. The molecule has 1 aromatic heterocycles. The molecule has 0 aliphatic rings. The summed E-state index contributed by atoms with van der Waals surface area (Å²) >= 11 is 6.00. The fourth-order valence-corrected chi connectivity index (χ4v) is 2.41. The van der Waals surface area contributed by atoms with Crippen LogP contribution in [-0.2, 0) is 6.42 Å². The van der Waals surface area contributed by atoms with Crippen molar-refractivity contribution < 1.29 is 0 Å². The largest absolute Gasteiger partial charge is 0.271 e. The van der Waals surface area contributed by atoms with Crippen LogP contribution < -0.4 is 11.3 Å². The van der Waals surface area contributed by atoms with E-state index < -0.39 is 0 Å². The number of hydrogen-bond acceptors (Lipinski definition) is 3. The third kappa shape index (κ3) is 3.77. The number of halogens is 1. The Morgan fingerprint density at radius 1 is 1.26 bits per heavy atom. The highest BCUT2D eigenvalue weighted by Crippen LogP contribution is 2.20. The number of aromatic nitrogens is 1. The van der Waals surface area contributed by atoms with E-state index in [1.807, 2.05) is 31.2 Å². The van der Waals surface area contributed by atoms with Crippen LogP contribution in [0.1, 0.15) is 28.6 Å². The van der Waals surface area contributed by atoms with Gasteiger partial charge in [-0.2, -0.15) is 0 Å². The van der Waals surface area contributed by atoms with E-state index in [9.17, 15) is 0 Å². The number of nitrogens with one attached hydrogen (secondary N) is 1. The van der Waals surface area contributed by atoms with E-state index in [4.69, 9.17) is 17.4 Å². The Morgan fingerprint density at radius 2 is 2.05 bits per heavy atom. The molecular weight excluding hydrogens is 258 g/mol. The maximum Gasteiger partial charge on any atom is 0.0672 e. The molecule has 1 heterocycles. The predicted molar refractivity (Wildman–Crippen MR) is 78.9 cm³/mol. The zero-order valence-corrected chi connectivity index (χ0v) is 11.9. The summed E-state index contributed by atoms with van der Waals surface area (Å²) in [5, 5.41) is 0.738. The van der Waals surface area contributed by atoms with Crippen LogP contribution in [0.2, 0.25) is 5.02 Å². The highest BCUT2D eigenvalue weighted by Gasteiger charge is 2.13. The molecule has 0 fully saturated rings. The van der Waals surface area contributed by atoms with Crippen molar-refractivity contribution in [2.75, 3.05) is 0 Å². The number of benzene rings is 1. The summed E-state index contributed by atoms with van der Waals surface area (Å²) in [6.45, 7) is 4.05. The van der Waals surface area contributed by atoms with Gasteiger partial charge < -0.3 is 0 Å². The van der Waals surface area contributed by atoms with Crippen molar-refractivity contribution in [1.82, 2.24) is 10.4 Å². The molecule has 3 nitrogen and oxygen atoms in total. The lowest BCUT2D eigenvalue weighted by Crippen LogP contribution is -2.30. The third-order valence-electron chi connectivity index (χ3n) is 3.00. The first-order chi connectivity index (χ1) is 9.08. The molecular formula is C15H18ClN3. The highest BCUT2D eigenvalue weighted by atomic mass is 35.5. The number of nitrogens with zero attached hydrogens (tertiary/aromatic N) is 1. The molecule has 1 aromatic carbocycles. The molecule has 0 aliphatic heterocycles. The van der Waals surface area contributed by atoms with Crippen LogP contribution in [0.25, 0.3) is 0 Å². The minimum Gasteiger partial charge on any atom is -0.271 e. The van der Waals surface area contributed by atoms with Gasteiger partial charge in [-0.25, -0.2) is 0 Å². The maximum absolute atomic E-state index is 6.00. The van der Waals surface area contributed by atoms with Gasteiger partial charge in [0.15, 0.2) is 0 Å². The Labute approximate surface area is 118 Å². The summed E-state index contributed by atoms with van der Waals surface area (Å²) in [6.07, 6.45) is 0.757. The van der Waals surface area contributed by atoms with Gasteiger partial charge in [0.1, 0.15) is 0 Å². The lowest BCUT2D eigenvalue weighted by Gasteiger charge is -2.17. The molecule has 0 radical (unpaired) electrons. The molecule has 19 heavy (non-hydrogen) atoms. The Balaban J connectivity index is 2.24. The molecule has 0 aliphatic carbocycles. The first-order valence-electron chi connectivity index (χ1n) is 6.24. The maximum atomic E-state index is 6.00. The normalized spacial score (nSPS) is 12.4. The van der Waals surface area contributed by atoms with E-state index >= 15 is 0 Å². The molecule has 2 aromatic rings. The quantitative estimate of drug-likeness (QED) is 0.666. The average Bonchev–Trinajstić information content (AvgIpc) is 2.34. The molecule has 0 saturated heterocycles. The SMILES string of the molecule is Cc1cc(C)nc(C(Cc2cccc(Cl)c2)NN)c1. The second kappa shape index (κ2) is 6.15. The fourth-order valence-electron chi connectivity index (χ4n) is 2.20. The van der Waals surface area contributed by atoms with Gasteiger partial charge >= 0.3 is 0 Å². The lowest BCUT2D eigenvalue weighted by molar-refractivity contribution is 0.537. The van der Waals surface area contributed by atoms with Gasteiger partial charge in [0.2, 0.25) is 0 Å². The number of hydrogen-bond donors (Lipinski definition) is 2. The van der Waals surface area contributed by atoms with E-state index in [0.29, 0.717) is 0 Å². The topological polar surface area (TPSA) is 50.9 Å². The second-order valence-corrected chi connectivity index (χ2v) is 5.20. The molecule has 0 saturated carbocycles. The van der Waals surface area contributed by atoms with E-state index in [-0.39, 0.29) is 6.04 Å². The number of rotatable bonds is 4. The Morgan fingerprint density at radius 3 is 2.68 bits per heavy atom. The van der Waals surface area contributed by atoms with E-state index in [0.717, 1.165) is 28.4 Å². The summed E-state index contributed by atoms with van der Waals surface area (Å²) in [5.41, 5.74) is 7.12. The summed E-state index contributed by atoms with van der Waals surface area (Å²) < 4.78 is 0. The molecule has 2 rings (SSSR count). The predicted octanol–water partition coefficient (Wildman–Crippen LogP) is 3.10. The van der Waals surface area contributed by atoms with Crippen molar-refractivity contribution in [3.05, 3.63) is 63.9 Å². The summed E-state index contributed by atoms with van der Waals surface area (Å²) in [7, 11) is 0. The monoisotopic (exact) mass is 275 g/mol. The van der Waals surface area contributed by atoms with E-state index in [2.05, 4.69) is 29.5 Å². The van der Waals surface area contributed by atoms with Crippen molar-refractivity contribution >= 4 is 11.6 Å². The van der Waals surface area contributed by atoms with Crippen molar-refractivity contribution in [2.24, 2.45) is 5.84 Å². The van der Waals surface area contributed by atoms with Crippen LogP contribution in [0.4, 0.5) is 0 Å². The van der Waals surface area contributed by atoms with Crippen molar-refractivity contribution in [3.63, 3.8) is 0 Å². The van der Waals surface area contributed by atoms with Crippen LogP contribution in [0.15, 0.2) is 36.4 Å². The van der Waals surface area contributed by atoms with E-state index in [1.165, 1.54) is 5.56 Å². The number of nitrogens with two attached hydrogens (primary N) is 1. The van der Waals surface area contributed by atoms with Gasteiger partial charge in [0, 0.05) is 10.7 Å².